The summed E-state index contributed by atoms with van der Waals surface area (Å²) in [5, 5.41) is 10.6. The quantitative estimate of drug-likeness (QED) is 0.679. The number of hydrogen-bond acceptors (Lipinski definition) is 4. The molecule has 1 aromatic carbocycles. The lowest BCUT2D eigenvalue weighted by atomic mass is 10.1. The third-order valence-electron chi connectivity index (χ3n) is 3.20. The number of pyridine rings is 1. The van der Waals surface area contributed by atoms with Gasteiger partial charge in [-0.15, -0.1) is 11.8 Å². The zero-order valence-corrected chi connectivity index (χ0v) is 15.2. The Labute approximate surface area is 151 Å². The molecule has 2 aromatic rings. The number of benzene rings is 1. The molecule has 0 bridgehead atoms. The van der Waals surface area contributed by atoms with E-state index < -0.39 is 5.97 Å². The summed E-state index contributed by atoms with van der Waals surface area (Å²) in [7, 11) is 0. The third-order valence-corrected chi connectivity index (χ3v) is 4.56. The molecule has 0 unspecified atom stereocenters. The van der Waals surface area contributed by atoms with Crippen LogP contribution >= 0.6 is 23.4 Å². The van der Waals surface area contributed by atoms with E-state index in [4.69, 9.17) is 21.4 Å². The lowest BCUT2D eigenvalue weighted by Gasteiger charge is -2.12. The van der Waals surface area contributed by atoms with Crippen molar-refractivity contribution in [3.63, 3.8) is 0 Å². The molecular formula is C18H20ClNO3S. The van der Waals surface area contributed by atoms with Gasteiger partial charge in [0.05, 0.1) is 5.02 Å². The summed E-state index contributed by atoms with van der Waals surface area (Å²) in [4.78, 5) is 15.0. The van der Waals surface area contributed by atoms with Crippen molar-refractivity contribution in [2.75, 3.05) is 0 Å². The fourth-order valence-corrected chi connectivity index (χ4v) is 3.19. The SMILES string of the molecule is CC(C)Sc1ncccc1COc1ccc(CCC(=O)O)cc1Cl. The number of thioether (sulfide) groups is 1. The fraction of sp³-hybridized carbons (Fsp3) is 0.333. The fourth-order valence-electron chi connectivity index (χ4n) is 2.09. The van der Waals surface area contributed by atoms with Crippen molar-refractivity contribution in [2.24, 2.45) is 0 Å². The van der Waals surface area contributed by atoms with Gasteiger partial charge in [-0.1, -0.05) is 37.6 Å². The van der Waals surface area contributed by atoms with Crippen LogP contribution in [-0.4, -0.2) is 21.3 Å². The predicted molar refractivity (Wildman–Crippen MR) is 97.0 cm³/mol. The number of carboxylic acid groups (broad SMARTS) is 1. The van der Waals surface area contributed by atoms with Gasteiger partial charge < -0.3 is 9.84 Å². The van der Waals surface area contributed by atoms with Gasteiger partial charge in [0.1, 0.15) is 17.4 Å². The van der Waals surface area contributed by atoms with Crippen LogP contribution in [0.3, 0.4) is 0 Å². The van der Waals surface area contributed by atoms with Crippen molar-refractivity contribution in [2.45, 2.75) is 43.6 Å². The summed E-state index contributed by atoms with van der Waals surface area (Å²) in [6.07, 6.45) is 2.31. The van der Waals surface area contributed by atoms with Crippen LogP contribution in [0.5, 0.6) is 5.75 Å². The average Bonchev–Trinajstić information content (AvgIpc) is 2.52. The number of nitrogens with zero attached hydrogens (tertiary/aromatic N) is 1. The molecule has 24 heavy (non-hydrogen) atoms. The van der Waals surface area contributed by atoms with Gasteiger partial charge in [0.15, 0.2) is 0 Å². The number of aromatic nitrogens is 1. The van der Waals surface area contributed by atoms with Crippen LogP contribution in [-0.2, 0) is 17.8 Å². The Morgan fingerprint density at radius 1 is 1.38 bits per heavy atom. The van der Waals surface area contributed by atoms with Gasteiger partial charge in [-0.05, 0) is 30.2 Å². The van der Waals surface area contributed by atoms with Crippen LogP contribution in [0.15, 0.2) is 41.6 Å². The minimum atomic E-state index is -0.821. The number of carboxylic acids is 1. The third kappa shape index (κ3) is 5.73. The van der Waals surface area contributed by atoms with Crippen LogP contribution in [0.1, 0.15) is 31.4 Å². The molecule has 0 aliphatic carbocycles. The molecule has 4 nitrogen and oxygen atoms in total. The monoisotopic (exact) mass is 365 g/mol. The number of rotatable bonds is 8. The highest BCUT2D eigenvalue weighted by molar-refractivity contribution is 7.99. The Hall–Kier alpha value is -1.72. The van der Waals surface area contributed by atoms with E-state index >= 15 is 0 Å². The van der Waals surface area contributed by atoms with E-state index in [0.717, 1.165) is 16.2 Å². The number of aryl methyl sites for hydroxylation is 1. The molecule has 6 heteroatoms. The highest BCUT2D eigenvalue weighted by Crippen LogP contribution is 2.29. The van der Waals surface area contributed by atoms with Gasteiger partial charge in [-0.25, -0.2) is 4.98 Å². The standard InChI is InChI=1S/C18H20ClNO3S/c1-12(2)24-18-14(4-3-9-20-18)11-23-16-7-5-13(10-15(16)19)6-8-17(21)22/h3-5,7,9-10,12H,6,8,11H2,1-2H3,(H,21,22). The first kappa shape index (κ1) is 18.6. The van der Waals surface area contributed by atoms with Gasteiger partial charge in [-0.3, -0.25) is 4.79 Å². The average molecular weight is 366 g/mol. The highest BCUT2D eigenvalue weighted by atomic mass is 35.5. The molecule has 0 saturated heterocycles. The molecule has 0 amide bonds. The maximum absolute atomic E-state index is 10.6. The molecule has 1 heterocycles. The summed E-state index contributed by atoms with van der Waals surface area (Å²) in [5.74, 6) is -0.238. The van der Waals surface area contributed by atoms with Gasteiger partial charge in [0.25, 0.3) is 0 Å². The van der Waals surface area contributed by atoms with Crippen LogP contribution < -0.4 is 4.74 Å². The number of carbonyl (C=O) groups is 1. The van der Waals surface area contributed by atoms with Crippen molar-refractivity contribution in [1.82, 2.24) is 4.98 Å². The minimum absolute atomic E-state index is 0.0853. The second-order valence-corrected chi connectivity index (χ2v) is 7.55. The van der Waals surface area contributed by atoms with Crippen molar-refractivity contribution in [1.29, 1.82) is 0 Å². The number of aliphatic carboxylic acids is 1. The molecule has 0 aliphatic rings. The Kier molecular flexibility index (Phi) is 6.94. The largest absolute Gasteiger partial charge is 0.487 e. The van der Waals surface area contributed by atoms with E-state index in [1.54, 1.807) is 30.1 Å². The van der Waals surface area contributed by atoms with Crippen molar-refractivity contribution in [3.05, 3.63) is 52.7 Å². The maximum atomic E-state index is 10.6. The highest BCUT2D eigenvalue weighted by Gasteiger charge is 2.09. The van der Waals surface area contributed by atoms with Gasteiger partial charge in [0, 0.05) is 23.4 Å². The van der Waals surface area contributed by atoms with E-state index in [-0.39, 0.29) is 6.42 Å². The summed E-state index contributed by atoms with van der Waals surface area (Å²) in [5.41, 5.74) is 1.90. The predicted octanol–water partition coefficient (Wildman–Crippen LogP) is 4.83. The first-order valence-corrected chi connectivity index (χ1v) is 8.95. The van der Waals surface area contributed by atoms with E-state index in [1.807, 2.05) is 18.2 Å². The molecule has 1 aromatic heterocycles. The summed E-state index contributed by atoms with van der Waals surface area (Å²) in [6.45, 7) is 4.63. The van der Waals surface area contributed by atoms with Crippen molar-refractivity contribution < 1.29 is 14.6 Å². The van der Waals surface area contributed by atoms with E-state index in [9.17, 15) is 4.79 Å². The van der Waals surface area contributed by atoms with Crippen LogP contribution in [0, 0.1) is 0 Å². The van der Waals surface area contributed by atoms with Crippen molar-refractivity contribution >= 4 is 29.3 Å². The number of halogens is 1. The number of ether oxygens (including phenoxy) is 1. The van der Waals surface area contributed by atoms with Crippen molar-refractivity contribution in [3.8, 4) is 5.75 Å². The Balaban J connectivity index is 2.03. The molecule has 0 aliphatic heterocycles. The zero-order valence-electron chi connectivity index (χ0n) is 13.7. The van der Waals surface area contributed by atoms with E-state index in [2.05, 4.69) is 18.8 Å². The molecule has 128 valence electrons. The summed E-state index contributed by atoms with van der Waals surface area (Å²) < 4.78 is 5.82. The smallest absolute Gasteiger partial charge is 0.303 e. The molecule has 0 saturated carbocycles. The first-order chi connectivity index (χ1) is 11.5. The lowest BCUT2D eigenvalue weighted by Crippen LogP contribution is -2.01. The van der Waals surface area contributed by atoms with Gasteiger partial charge in [0.2, 0.25) is 0 Å². The van der Waals surface area contributed by atoms with E-state index in [1.165, 1.54) is 0 Å². The minimum Gasteiger partial charge on any atom is -0.487 e. The molecule has 0 atom stereocenters. The van der Waals surface area contributed by atoms with Crippen LogP contribution in [0.25, 0.3) is 0 Å². The summed E-state index contributed by atoms with van der Waals surface area (Å²) >= 11 is 7.94. The molecule has 0 radical (unpaired) electrons. The van der Waals surface area contributed by atoms with Crippen LogP contribution in [0.2, 0.25) is 5.02 Å². The normalized spacial score (nSPS) is 10.8. The van der Waals surface area contributed by atoms with Crippen LogP contribution in [0.4, 0.5) is 0 Å². The maximum Gasteiger partial charge on any atom is 0.303 e. The molecule has 0 spiro atoms. The topological polar surface area (TPSA) is 59.4 Å². The Morgan fingerprint density at radius 2 is 2.17 bits per heavy atom. The Morgan fingerprint density at radius 3 is 2.83 bits per heavy atom. The van der Waals surface area contributed by atoms with E-state index in [0.29, 0.717) is 29.0 Å². The lowest BCUT2D eigenvalue weighted by molar-refractivity contribution is -0.136. The summed E-state index contributed by atoms with van der Waals surface area (Å²) in [6, 6.07) is 9.27. The Bertz CT molecular complexity index is 706. The number of hydrogen-bond donors (Lipinski definition) is 1. The van der Waals surface area contributed by atoms with Gasteiger partial charge >= 0.3 is 5.97 Å². The molecule has 1 N–H and O–H groups in total. The second kappa shape index (κ2) is 8.94. The molecule has 0 fully saturated rings. The second-order valence-electron chi connectivity index (χ2n) is 5.58. The molecular weight excluding hydrogens is 346 g/mol. The molecule has 2 rings (SSSR count). The zero-order chi connectivity index (χ0) is 17.5. The van der Waals surface area contributed by atoms with Gasteiger partial charge in [-0.2, -0.15) is 0 Å². The first-order valence-electron chi connectivity index (χ1n) is 7.69.